The molecule has 0 spiro atoms. The van der Waals surface area contributed by atoms with E-state index in [9.17, 15) is 4.79 Å². The van der Waals surface area contributed by atoms with Gasteiger partial charge in [-0.25, -0.2) is 14.6 Å². The van der Waals surface area contributed by atoms with Gasteiger partial charge in [0.25, 0.3) is 0 Å². The van der Waals surface area contributed by atoms with E-state index in [-0.39, 0.29) is 17.2 Å². The van der Waals surface area contributed by atoms with Crippen LogP contribution in [0, 0.1) is 6.92 Å². The van der Waals surface area contributed by atoms with Crippen LogP contribution in [0.15, 0.2) is 41.7 Å². The SMILES string of the molecule is Cc1nc2c3ccccc3nc(SC(C)C(=O)Nc3ccnn3C(C)C)n2n1. The van der Waals surface area contributed by atoms with Crippen molar-refractivity contribution in [2.75, 3.05) is 5.32 Å². The lowest BCUT2D eigenvalue weighted by atomic mass is 10.2. The van der Waals surface area contributed by atoms with Gasteiger partial charge in [-0.3, -0.25) is 4.79 Å². The summed E-state index contributed by atoms with van der Waals surface area (Å²) >= 11 is 1.35. The molecule has 0 aliphatic heterocycles. The third-order valence-corrected chi connectivity index (χ3v) is 5.36. The van der Waals surface area contributed by atoms with Gasteiger partial charge in [0.05, 0.1) is 17.0 Å². The number of aromatic nitrogens is 6. The van der Waals surface area contributed by atoms with Crippen molar-refractivity contribution in [1.82, 2.24) is 29.4 Å². The minimum atomic E-state index is -0.378. The van der Waals surface area contributed by atoms with Crippen molar-refractivity contribution in [2.45, 2.75) is 44.1 Å². The molecule has 9 heteroatoms. The number of rotatable bonds is 5. The monoisotopic (exact) mass is 395 g/mol. The summed E-state index contributed by atoms with van der Waals surface area (Å²) in [6.45, 7) is 7.73. The standard InChI is InChI=1S/C19H21N7OS/c1-11(2)25-16(9-10-20-25)23-18(27)12(3)28-19-22-15-8-6-5-7-14(15)17-21-13(4)24-26(17)19/h5-12H,1-4H3,(H,23,27). The van der Waals surface area contributed by atoms with Crippen molar-refractivity contribution in [1.29, 1.82) is 0 Å². The van der Waals surface area contributed by atoms with E-state index in [1.165, 1.54) is 11.8 Å². The van der Waals surface area contributed by atoms with Gasteiger partial charge in [0.1, 0.15) is 11.6 Å². The number of fused-ring (bicyclic) bond motifs is 3. The zero-order chi connectivity index (χ0) is 19.8. The van der Waals surface area contributed by atoms with Gasteiger partial charge in [-0.05, 0) is 39.8 Å². The van der Waals surface area contributed by atoms with Crippen molar-refractivity contribution in [3.05, 3.63) is 42.4 Å². The number of hydrogen-bond acceptors (Lipinski definition) is 6. The molecule has 0 aliphatic rings. The Morgan fingerprint density at radius 3 is 2.71 bits per heavy atom. The van der Waals surface area contributed by atoms with Crippen LogP contribution >= 0.6 is 11.8 Å². The van der Waals surface area contributed by atoms with Crippen molar-refractivity contribution < 1.29 is 4.79 Å². The van der Waals surface area contributed by atoms with E-state index in [0.29, 0.717) is 16.8 Å². The Balaban J connectivity index is 1.63. The van der Waals surface area contributed by atoms with E-state index in [1.807, 2.05) is 52.0 Å². The van der Waals surface area contributed by atoms with Gasteiger partial charge in [-0.2, -0.15) is 9.61 Å². The predicted octanol–water partition coefficient (Wildman–Crippen LogP) is 3.48. The van der Waals surface area contributed by atoms with E-state index in [1.54, 1.807) is 21.5 Å². The Labute approximate surface area is 166 Å². The number of anilines is 1. The molecule has 0 aliphatic carbocycles. The number of benzene rings is 1. The summed E-state index contributed by atoms with van der Waals surface area (Å²) in [5.41, 5.74) is 1.58. The van der Waals surface area contributed by atoms with E-state index in [0.717, 1.165) is 16.6 Å². The molecule has 0 saturated carbocycles. The number of nitrogens with zero attached hydrogens (tertiary/aromatic N) is 6. The van der Waals surface area contributed by atoms with Crippen LogP contribution in [0.5, 0.6) is 0 Å². The van der Waals surface area contributed by atoms with Gasteiger partial charge in [-0.1, -0.05) is 23.9 Å². The second-order valence-electron chi connectivity index (χ2n) is 6.81. The molecule has 1 atom stereocenters. The van der Waals surface area contributed by atoms with E-state index in [2.05, 4.69) is 20.5 Å². The van der Waals surface area contributed by atoms with Crippen LogP contribution in [0.3, 0.4) is 0 Å². The van der Waals surface area contributed by atoms with Gasteiger partial charge >= 0.3 is 0 Å². The normalized spacial score (nSPS) is 12.8. The molecular formula is C19H21N7OS. The highest BCUT2D eigenvalue weighted by Crippen LogP contribution is 2.27. The fourth-order valence-corrected chi connectivity index (χ4v) is 3.83. The highest BCUT2D eigenvalue weighted by molar-refractivity contribution is 8.00. The highest BCUT2D eigenvalue weighted by Gasteiger charge is 2.21. The Bertz CT molecular complexity index is 1160. The molecule has 144 valence electrons. The molecule has 1 N–H and O–H groups in total. The molecule has 0 radical (unpaired) electrons. The molecular weight excluding hydrogens is 374 g/mol. The molecule has 1 amide bonds. The zero-order valence-corrected chi connectivity index (χ0v) is 16.9. The summed E-state index contributed by atoms with van der Waals surface area (Å²) in [4.78, 5) is 22.0. The summed E-state index contributed by atoms with van der Waals surface area (Å²) in [6, 6.07) is 9.76. The molecule has 0 bridgehead atoms. The lowest BCUT2D eigenvalue weighted by Crippen LogP contribution is -2.25. The topological polar surface area (TPSA) is 90.0 Å². The Kier molecular flexibility index (Phi) is 4.76. The van der Waals surface area contributed by atoms with Crippen molar-refractivity contribution in [3.63, 3.8) is 0 Å². The summed E-state index contributed by atoms with van der Waals surface area (Å²) in [6.07, 6.45) is 1.68. The third-order valence-electron chi connectivity index (χ3n) is 4.32. The van der Waals surface area contributed by atoms with Crippen molar-refractivity contribution in [2.24, 2.45) is 0 Å². The first-order valence-corrected chi connectivity index (χ1v) is 9.95. The summed E-state index contributed by atoms with van der Waals surface area (Å²) < 4.78 is 3.49. The first-order chi connectivity index (χ1) is 13.4. The maximum atomic E-state index is 12.7. The van der Waals surface area contributed by atoms with Crippen LogP contribution in [0.4, 0.5) is 5.82 Å². The Morgan fingerprint density at radius 1 is 1.14 bits per heavy atom. The largest absolute Gasteiger partial charge is 0.310 e. The molecule has 8 nitrogen and oxygen atoms in total. The number of hydrogen-bond donors (Lipinski definition) is 1. The van der Waals surface area contributed by atoms with Gasteiger partial charge in [0, 0.05) is 17.5 Å². The van der Waals surface area contributed by atoms with Crippen LogP contribution in [0.25, 0.3) is 16.6 Å². The zero-order valence-electron chi connectivity index (χ0n) is 16.1. The second kappa shape index (κ2) is 7.23. The van der Waals surface area contributed by atoms with Crippen molar-refractivity contribution in [3.8, 4) is 0 Å². The maximum Gasteiger partial charge on any atom is 0.238 e. The molecule has 4 rings (SSSR count). The van der Waals surface area contributed by atoms with Gasteiger partial charge < -0.3 is 5.32 Å². The van der Waals surface area contributed by atoms with Crippen LogP contribution in [0.2, 0.25) is 0 Å². The molecule has 3 heterocycles. The smallest absolute Gasteiger partial charge is 0.238 e. The second-order valence-corrected chi connectivity index (χ2v) is 8.12. The fraction of sp³-hybridized carbons (Fsp3) is 0.316. The van der Waals surface area contributed by atoms with Crippen LogP contribution in [0.1, 0.15) is 32.6 Å². The Hall–Kier alpha value is -2.94. The molecule has 4 aromatic rings. The van der Waals surface area contributed by atoms with E-state index >= 15 is 0 Å². The van der Waals surface area contributed by atoms with Crippen LogP contribution in [-0.2, 0) is 4.79 Å². The number of carbonyl (C=O) groups excluding carboxylic acids is 1. The number of aryl methyl sites for hydroxylation is 1. The summed E-state index contributed by atoms with van der Waals surface area (Å²) in [5, 5.41) is 12.9. The average Bonchev–Trinajstić information content (AvgIpc) is 3.28. The fourth-order valence-electron chi connectivity index (χ4n) is 2.97. The number of nitrogens with one attached hydrogen (secondary N) is 1. The first kappa shape index (κ1) is 18.4. The van der Waals surface area contributed by atoms with E-state index in [4.69, 9.17) is 4.98 Å². The first-order valence-electron chi connectivity index (χ1n) is 9.07. The highest BCUT2D eigenvalue weighted by atomic mass is 32.2. The number of amides is 1. The lowest BCUT2D eigenvalue weighted by Gasteiger charge is -2.15. The lowest BCUT2D eigenvalue weighted by molar-refractivity contribution is -0.115. The number of carbonyl (C=O) groups is 1. The minimum Gasteiger partial charge on any atom is -0.310 e. The third kappa shape index (κ3) is 3.33. The van der Waals surface area contributed by atoms with Crippen LogP contribution < -0.4 is 5.32 Å². The molecule has 28 heavy (non-hydrogen) atoms. The van der Waals surface area contributed by atoms with E-state index < -0.39 is 0 Å². The molecule has 0 saturated heterocycles. The van der Waals surface area contributed by atoms with Gasteiger partial charge in [-0.15, -0.1) is 5.10 Å². The summed E-state index contributed by atoms with van der Waals surface area (Å²) in [5.74, 6) is 1.23. The Morgan fingerprint density at radius 2 is 1.93 bits per heavy atom. The van der Waals surface area contributed by atoms with Crippen molar-refractivity contribution >= 4 is 40.0 Å². The summed E-state index contributed by atoms with van der Waals surface area (Å²) in [7, 11) is 0. The van der Waals surface area contributed by atoms with Crippen LogP contribution in [-0.4, -0.2) is 40.5 Å². The number of thioether (sulfide) groups is 1. The quantitative estimate of drug-likeness (QED) is 0.411. The molecule has 3 aromatic heterocycles. The van der Waals surface area contributed by atoms with Gasteiger partial charge in [0.2, 0.25) is 5.91 Å². The molecule has 1 aromatic carbocycles. The number of para-hydroxylation sites is 1. The molecule has 1 unspecified atom stereocenters. The molecule has 0 fully saturated rings. The average molecular weight is 395 g/mol. The van der Waals surface area contributed by atoms with Gasteiger partial charge in [0.15, 0.2) is 10.8 Å². The maximum absolute atomic E-state index is 12.7. The predicted molar refractivity (Wildman–Crippen MR) is 110 cm³/mol. The minimum absolute atomic E-state index is 0.118.